The summed E-state index contributed by atoms with van der Waals surface area (Å²) < 4.78 is 28.9. The van der Waals surface area contributed by atoms with Gasteiger partial charge in [0.1, 0.15) is 17.3 Å². The van der Waals surface area contributed by atoms with Crippen molar-refractivity contribution in [2.24, 2.45) is 7.05 Å². The number of aromatic nitrogens is 1. The average Bonchev–Trinajstić information content (AvgIpc) is 2.94. The molecule has 3 rings (SSSR count). The summed E-state index contributed by atoms with van der Waals surface area (Å²) in [6, 6.07) is 10.1. The maximum Gasteiger partial charge on any atom is 0.319 e. The molecule has 0 unspecified atom stereocenters. The van der Waals surface area contributed by atoms with E-state index in [1.165, 1.54) is 6.07 Å². The summed E-state index contributed by atoms with van der Waals surface area (Å²) in [5.74, 6) is -1.74. The Morgan fingerprint density at radius 1 is 1.16 bits per heavy atom. The molecule has 0 aliphatic heterocycles. The van der Waals surface area contributed by atoms with Crippen LogP contribution >= 0.6 is 0 Å². The summed E-state index contributed by atoms with van der Waals surface area (Å²) >= 11 is 0. The van der Waals surface area contributed by atoms with Crippen LogP contribution in [0.2, 0.25) is 0 Å². The van der Waals surface area contributed by atoms with Gasteiger partial charge in [-0.25, -0.2) is 13.6 Å². The van der Waals surface area contributed by atoms with E-state index in [0.29, 0.717) is 5.56 Å². The lowest BCUT2D eigenvalue weighted by atomic mass is 10.1. The lowest BCUT2D eigenvalue weighted by molar-refractivity contribution is 0.176. The minimum Gasteiger partial charge on any atom is -0.386 e. The third-order valence-electron chi connectivity index (χ3n) is 3.94. The van der Waals surface area contributed by atoms with Crippen molar-refractivity contribution in [2.45, 2.75) is 6.10 Å². The van der Waals surface area contributed by atoms with E-state index in [4.69, 9.17) is 0 Å². The molecule has 0 radical (unpaired) electrons. The Hall–Kier alpha value is -2.93. The van der Waals surface area contributed by atoms with Crippen LogP contribution in [-0.4, -0.2) is 22.2 Å². The zero-order chi connectivity index (χ0) is 18.0. The first-order valence-corrected chi connectivity index (χ1v) is 7.68. The molecule has 25 heavy (non-hydrogen) atoms. The van der Waals surface area contributed by atoms with E-state index in [2.05, 4.69) is 10.6 Å². The predicted octanol–water partition coefficient (Wildman–Crippen LogP) is 3.31. The highest BCUT2D eigenvalue weighted by Gasteiger charge is 2.16. The number of amides is 2. The molecule has 0 spiro atoms. The highest BCUT2D eigenvalue weighted by molar-refractivity contribution is 5.89. The number of aliphatic hydroxyl groups excluding tert-OH is 1. The Kier molecular flexibility index (Phi) is 4.67. The van der Waals surface area contributed by atoms with E-state index in [1.54, 1.807) is 6.20 Å². The number of hydrogen-bond donors (Lipinski definition) is 3. The van der Waals surface area contributed by atoms with Crippen molar-refractivity contribution in [3.05, 3.63) is 65.9 Å². The van der Waals surface area contributed by atoms with Gasteiger partial charge in [0.15, 0.2) is 0 Å². The Labute approximate surface area is 142 Å². The molecule has 0 aliphatic carbocycles. The summed E-state index contributed by atoms with van der Waals surface area (Å²) in [6.07, 6.45) is 0.827. The number of fused-ring (bicyclic) bond motifs is 1. The lowest BCUT2D eigenvalue weighted by Crippen LogP contribution is -2.33. The first kappa shape index (κ1) is 16.9. The van der Waals surface area contributed by atoms with Crippen LogP contribution in [-0.2, 0) is 7.05 Å². The molecule has 3 N–H and O–H groups in total. The van der Waals surface area contributed by atoms with E-state index in [1.807, 2.05) is 35.9 Å². The van der Waals surface area contributed by atoms with Crippen LogP contribution in [0, 0.1) is 11.6 Å². The number of urea groups is 1. The quantitative estimate of drug-likeness (QED) is 0.679. The van der Waals surface area contributed by atoms with E-state index in [-0.39, 0.29) is 6.54 Å². The molecule has 0 aliphatic rings. The first-order valence-electron chi connectivity index (χ1n) is 7.68. The van der Waals surface area contributed by atoms with Crippen LogP contribution < -0.4 is 10.6 Å². The molecule has 0 fully saturated rings. The fourth-order valence-electron chi connectivity index (χ4n) is 2.71. The number of carbonyl (C=O) groups is 1. The van der Waals surface area contributed by atoms with E-state index < -0.39 is 29.5 Å². The minimum atomic E-state index is -0.956. The first-order chi connectivity index (χ1) is 12.0. The average molecular weight is 345 g/mol. The Morgan fingerprint density at radius 2 is 1.84 bits per heavy atom. The molecule has 0 saturated carbocycles. The number of aryl methyl sites for hydroxylation is 1. The number of para-hydroxylation sites is 2. The van der Waals surface area contributed by atoms with Crippen LogP contribution in [0.3, 0.4) is 0 Å². The second-order valence-corrected chi connectivity index (χ2v) is 5.66. The summed E-state index contributed by atoms with van der Waals surface area (Å²) in [5.41, 5.74) is 1.09. The second-order valence-electron chi connectivity index (χ2n) is 5.66. The van der Waals surface area contributed by atoms with Gasteiger partial charge in [0.25, 0.3) is 0 Å². The highest BCUT2D eigenvalue weighted by atomic mass is 19.1. The number of anilines is 1. The third kappa shape index (κ3) is 3.46. The molecule has 0 saturated heterocycles. The molecule has 2 amide bonds. The van der Waals surface area contributed by atoms with Gasteiger partial charge in [-0.1, -0.05) is 24.3 Å². The van der Waals surface area contributed by atoms with Gasteiger partial charge in [-0.15, -0.1) is 0 Å². The topological polar surface area (TPSA) is 66.3 Å². The molecular weight excluding hydrogens is 328 g/mol. The van der Waals surface area contributed by atoms with Crippen molar-refractivity contribution in [2.75, 3.05) is 11.9 Å². The van der Waals surface area contributed by atoms with Gasteiger partial charge in [0.2, 0.25) is 0 Å². The van der Waals surface area contributed by atoms with Crippen molar-refractivity contribution in [1.29, 1.82) is 0 Å². The van der Waals surface area contributed by atoms with Crippen LogP contribution in [0.4, 0.5) is 19.3 Å². The van der Waals surface area contributed by atoms with Crippen LogP contribution in [0.5, 0.6) is 0 Å². The number of halogens is 2. The van der Waals surface area contributed by atoms with E-state index in [9.17, 15) is 18.7 Å². The molecule has 2 aromatic carbocycles. The van der Waals surface area contributed by atoms with Gasteiger partial charge in [-0.05, 0) is 18.2 Å². The number of aliphatic hydroxyl groups is 1. The number of nitrogens with zero attached hydrogens (tertiary/aromatic N) is 1. The number of hydrogen-bond acceptors (Lipinski definition) is 2. The summed E-state index contributed by atoms with van der Waals surface area (Å²) in [4.78, 5) is 11.8. The Bertz CT molecular complexity index is 904. The van der Waals surface area contributed by atoms with Gasteiger partial charge in [-0.2, -0.15) is 0 Å². The zero-order valence-electron chi connectivity index (χ0n) is 13.5. The minimum absolute atomic E-state index is 0.101. The van der Waals surface area contributed by atoms with E-state index >= 15 is 0 Å². The predicted molar refractivity (Wildman–Crippen MR) is 91.3 cm³/mol. The fourth-order valence-corrected chi connectivity index (χ4v) is 2.71. The highest BCUT2D eigenvalue weighted by Crippen LogP contribution is 2.25. The maximum absolute atomic E-state index is 13.5. The Morgan fingerprint density at radius 3 is 2.56 bits per heavy atom. The number of rotatable bonds is 4. The van der Waals surface area contributed by atoms with Gasteiger partial charge in [-0.3, -0.25) is 0 Å². The van der Waals surface area contributed by atoms with Crippen molar-refractivity contribution < 1.29 is 18.7 Å². The van der Waals surface area contributed by atoms with Crippen molar-refractivity contribution >= 4 is 22.6 Å². The standard InChI is InChI=1S/C18H17F2N3O2/c1-23-10-12(11-5-2-3-8-15(11)23)16(24)9-21-18(25)22-17-13(19)6-4-7-14(17)20/h2-8,10,16,24H,9H2,1H3,(H2,21,22,25)/t16-/m1/s1. The summed E-state index contributed by atoms with van der Waals surface area (Å²) in [5, 5.41) is 15.8. The van der Waals surface area contributed by atoms with Crippen molar-refractivity contribution in [3.63, 3.8) is 0 Å². The monoisotopic (exact) mass is 345 g/mol. The maximum atomic E-state index is 13.5. The fraction of sp³-hybridized carbons (Fsp3) is 0.167. The molecule has 1 atom stereocenters. The molecule has 0 bridgehead atoms. The summed E-state index contributed by atoms with van der Waals surface area (Å²) in [7, 11) is 1.86. The number of benzene rings is 2. The van der Waals surface area contributed by atoms with Crippen LogP contribution in [0.15, 0.2) is 48.7 Å². The molecular formula is C18H17F2N3O2. The van der Waals surface area contributed by atoms with Gasteiger partial charge < -0.3 is 20.3 Å². The molecule has 3 aromatic rings. The number of carbonyl (C=O) groups excluding carboxylic acids is 1. The molecule has 1 aromatic heterocycles. The van der Waals surface area contributed by atoms with Crippen molar-refractivity contribution in [1.82, 2.24) is 9.88 Å². The van der Waals surface area contributed by atoms with Gasteiger partial charge in [0, 0.05) is 36.3 Å². The van der Waals surface area contributed by atoms with Crippen LogP contribution in [0.25, 0.3) is 10.9 Å². The van der Waals surface area contributed by atoms with Crippen molar-refractivity contribution in [3.8, 4) is 0 Å². The normalized spacial score (nSPS) is 12.2. The lowest BCUT2D eigenvalue weighted by Gasteiger charge is -2.13. The smallest absolute Gasteiger partial charge is 0.319 e. The Balaban J connectivity index is 1.67. The SMILES string of the molecule is Cn1cc([C@H](O)CNC(=O)Nc2c(F)cccc2F)c2ccccc21. The zero-order valence-corrected chi connectivity index (χ0v) is 13.5. The summed E-state index contributed by atoms with van der Waals surface area (Å²) in [6.45, 7) is -0.101. The largest absolute Gasteiger partial charge is 0.386 e. The molecule has 5 nitrogen and oxygen atoms in total. The molecule has 7 heteroatoms. The van der Waals surface area contributed by atoms with Gasteiger partial charge >= 0.3 is 6.03 Å². The van der Waals surface area contributed by atoms with E-state index in [0.717, 1.165) is 23.0 Å². The third-order valence-corrected chi connectivity index (χ3v) is 3.94. The second kappa shape index (κ2) is 6.90. The van der Waals surface area contributed by atoms with Gasteiger partial charge in [0.05, 0.1) is 6.10 Å². The van der Waals surface area contributed by atoms with Crippen LogP contribution in [0.1, 0.15) is 11.7 Å². The molecule has 130 valence electrons. The number of nitrogens with one attached hydrogen (secondary N) is 2. The molecule has 1 heterocycles.